The summed E-state index contributed by atoms with van der Waals surface area (Å²) in [6.45, 7) is 0.172. The zero-order valence-corrected chi connectivity index (χ0v) is 25.2. The molecule has 0 bridgehead atoms. The molecule has 0 unspecified atom stereocenters. The van der Waals surface area contributed by atoms with Crippen LogP contribution in [0.2, 0.25) is 5.02 Å². The lowest BCUT2D eigenvalue weighted by Gasteiger charge is -2.41. The predicted octanol–water partition coefficient (Wildman–Crippen LogP) is 5.91. The molecule has 9 heteroatoms. The number of nitrogens with zero attached hydrogens (tertiary/aromatic N) is 3. The number of nitrogens with one attached hydrogen (secondary N) is 1. The number of carbonyl (C=O) groups excluding carboxylic acids is 2. The van der Waals surface area contributed by atoms with Gasteiger partial charge in [0.15, 0.2) is 0 Å². The topological polar surface area (TPSA) is 96.7 Å². The number of amides is 2. The van der Waals surface area contributed by atoms with E-state index in [9.17, 15) is 14.7 Å². The first kappa shape index (κ1) is 29.5. The molecule has 1 saturated carbocycles. The van der Waals surface area contributed by atoms with Crippen molar-refractivity contribution < 1.29 is 19.4 Å². The third-order valence-corrected chi connectivity index (χ3v) is 8.44. The van der Waals surface area contributed by atoms with Crippen LogP contribution in [-0.4, -0.2) is 50.0 Å². The normalized spacial score (nSPS) is 17.2. The van der Waals surface area contributed by atoms with Crippen LogP contribution in [0.5, 0.6) is 5.75 Å². The minimum atomic E-state index is -0.724. The maximum atomic E-state index is 13.7. The van der Waals surface area contributed by atoms with Crippen molar-refractivity contribution in [2.45, 2.75) is 50.3 Å². The van der Waals surface area contributed by atoms with Gasteiger partial charge >= 0.3 is 0 Å². The Labute approximate surface area is 261 Å². The van der Waals surface area contributed by atoms with E-state index in [1.807, 2.05) is 42.5 Å². The lowest BCUT2D eigenvalue weighted by Crippen LogP contribution is -2.55. The summed E-state index contributed by atoms with van der Waals surface area (Å²) in [5, 5.41) is 18.3. The molecular formula is C35H33ClN4O4. The van der Waals surface area contributed by atoms with Gasteiger partial charge < -0.3 is 15.2 Å². The van der Waals surface area contributed by atoms with Gasteiger partial charge in [-0.3, -0.25) is 19.2 Å². The van der Waals surface area contributed by atoms with Crippen LogP contribution in [0.15, 0.2) is 79.0 Å². The molecule has 3 aromatic carbocycles. The largest absolute Gasteiger partial charge is 0.507 e. The van der Waals surface area contributed by atoms with Crippen LogP contribution in [0.3, 0.4) is 0 Å². The molecular weight excluding hydrogens is 576 g/mol. The molecule has 8 nitrogen and oxygen atoms in total. The van der Waals surface area contributed by atoms with E-state index >= 15 is 0 Å². The van der Waals surface area contributed by atoms with Crippen LogP contribution >= 0.6 is 11.6 Å². The summed E-state index contributed by atoms with van der Waals surface area (Å²) in [4.78, 5) is 29.0. The monoisotopic (exact) mass is 608 g/mol. The van der Waals surface area contributed by atoms with E-state index in [-0.39, 0.29) is 30.6 Å². The van der Waals surface area contributed by atoms with Crippen LogP contribution in [0.4, 0.5) is 5.69 Å². The van der Waals surface area contributed by atoms with Crippen molar-refractivity contribution >= 4 is 29.1 Å². The molecule has 1 aliphatic carbocycles. The van der Waals surface area contributed by atoms with Gasteiger partial charge in [0.05, 0.1) is 18.6 Å². The number of hydrogen-bond donors (Lipinski definition) is 2. The molecule has 1 saturated heterocycles. The van der Waals surface area contributed by atoms with E-state index < -0.39 is 11.8 Å². The number of phenolic OH excluding ortho intramolecular Hbond substituents is 1. The quantitative estimate of drug-likeness (QED) is 0.274. The standard InChI is InChI=1S/C35H33ClN4O4/c1-39-22-26(33(38-39)29-21-27(36)14-17-31(29)41)13-10-24-11-15-28(16-12-24)37-34(43)30-23-44-35(18-6-3-7-19-35)40(30)32(42)20-25-8-4-2-5-9-25/h2,4-5,8-9,11-12,14-17,21-22,30,41H,3,6-7,18-20,23H2,1H3,(H,37,43)/t30-/m0/s1. The van der Waals surface area contributed by atoms with Crippen molar-refractivity contribution in [3.8, 4) is 28.8 Å². The summed E-state index contributed by atoms with van der Waals surface area (Å²) in [5.74, 6) is 5.97. The number of anilines is 1. The first-order valence-corrected chi connectivity index (χ1v) is 15.1. The second-order valence-corrected chi connectivity index (χ2v) is 11.7. The SMILES string of the molecule is Cn1cc(C#Cc2ccc(NC(=O)[C@@H]3COC4(CCCCC4)N3C(=O)Cc3ccccc3)cc2)c(-c2cc(Cl)ccc2O)n1. The number of benzene rings is 3. The molecule has 1 atom stereocenters. The van der Waals surface area contributed by atoms with Crippen LogP contribution < -0.4 is 5.32 Å². The third-order valence-electron chi connectivity index (χ3n) is 8.20. The summed E-state index contributed by atoms with van der Waals surface area (Å²) < 4.78 is 7.91. The first-order valence-electron chi connectivity index (χ1n) is 14.8. The van der Waals surface area contributed by atoms with Crippen LogP contribution in [-0.2, 0) is 27.8 Å². The average Bonchev–Trinajstić information content (AvgIpc) is 3.58. The van der Waals surface area contributed by atoms with Crippen LogP contribution in [0.1, 0.15) is 48.8 Å². The van der Waals surface area contributed by atoms with Crippen LogP contribution in [0.25, 0.3) is 11.3 Å². The second-order valence-electron chi connectivity index (χ2n) is 11.3. The molecule has 0 radical (unpaired) electrons. The lowest BCUT2D eigenvalue weighted by molar-refractivity contribution is -0.158. The van der Waals surface area contributed by atoms with Crippen molar-refractivity contribution in [1.29, 1.82) is 0 Å². The Hall–Kier alpha value is -4.58. The van der Waals surface area contributed by atoms with Gasteiger partial charge in [-0.1, -0.05) is 60.2 Å². The summed E-state index contributed by atoms with van der Waals surface area (Å²) in [6, 6.07) is 20.9. The zero-order valence-electron chi connectivity index (χ0n) is 24.4. The second kappa shape index (κ2) is 12.6. The van der Waals surface area contributed by atoms with Gasteiger partial charge in [0.1, 0.15) is 23.2 Å². The van der Waals surface area contributed by atoms with Crippen molar-refractivity contribution in [2.75, 3.05) is 11.9 Å². The summed E-state index contributed by atoms with van der Waals surface area (Å²) >= 11 is 6.15. The third kappa shape index (κ3) is 6.21. The number of aromatic hydroxyl groups is 1. The van der Waals surface area contributed by atoms with Gasteiger partial charge in [-0.25, -0.2) is 0 Å². The highest BCUT2D eigenvalue weighted by atomic mass is 35.5. The molecule has 44 heavy (non-hydrogen) atoms. The van der Waals surface area contributed by atoms with Gasteiger partial charge in [0, 0.05) is 35.1 Å². The number of halogens is 1. The molecule has 2 fully saturated rings. The lowest BCUT2D eigenvalue weighted by atomic mass is 9.89. The average molecular weight is 609 g/mol. The summed E-state index contributed by atoms with van der Waals surface area (Å²) in [6.07, 6.45) is 6.51. The Morgan fingerprint density at radius 3 is 2.55 bits per heavy atom. The molecule has 2 N–H and O–H groups in total. The molecule has 1 spiro atoms. The fraction of sp³-hybridized carbons (Fsp3) is 0.286. The van der Waals surface area contributed by atoms with E-state index in [4.69, 9.17) is 16.3 Å². The fourth-order valence-electron chi connectivity index (χ4n) is 6.08. The molecule has 2 heterocycles. The maximum Gasteiger partial charge on any atom is 0.249 e. The first-order chi connectivity index (χ1) is 21.3. The molecule has 4 aromatic rings. The van der Waals surface area contributed by atoms with E-state index in [1.54, 1.807) is 47.1 Å². The number of aromatic nitrogens is 2. The molecule has 224 valence electrons. The minimum absolute atomic E-state index is 0.0682. The Balaban J connectivity index is 1.18. The maximum absolute atomic E-state index is 13.7. The number of carbonyl (C=O) groups is 2. The highest BCUT2D eigenvalue weighted by Crippen LogP contribution is 2.41. The Morgan fingerprint density at radius 1 is 1.05 bits per heavy atom. The number of aryl methyl sites for hydroxylation is 1. The fourth-order valence-corrected chi connectivity index (χ4v) is 6.25. The van der Waals surface area contributed by atoms with E-state index in [0.29, 0.717) is 27.5 Å². The number of ether oxygens (including phenoxy) is 1. The van der Waals surface area contributed by atoms with Gasteiger partial charge in [-0.15, -0.1) is 0 Å². The van der Waals surface area contributed by atoms with E-state index in [2.05, 4.69) is 22.3 Å². The van der Waals surface area contributed by atoms with E-state index in [0.717, 1.165) is 43.2 Å². The highest BCUT2D eigenvalue weighted by molar-refractivity contribution is 6.31. The number of hydrogen-bond acceptors (Lipinski definition) is 5. The summed E-state index contributed by atoms with van der Waals surface area (Å²) in [7, 11) is 1.79. The Kier molecular flexibility index (Phi) is 8.42. The number of rotatable bonds is 5. The smallest absolute Gasteiger partial charge is 0.249 e. The molecule has 6 rings (SSSR count). The Bertz CT molecular complexity index is 1730. The van der Waals surface area contributed by atoms with Gasteiger partial charge in [-0.05, 0) is 73.7 Å². The van der Waals surface area contributed by atoms with Crippen LogP contribution in [0, 0.1) is 11.8 Å². The molecule has 2 aliphatic rings. The van der Waals surface area contributed by atoms with Crippen molar-refractivity contribution in [3.05, 3.63) is 101 Å². The highest BCUT2D eigenvalue weighted by Gasteiger charge is 2.52. The Morgan fingerprint density at radius 2 is 1.80 bits per heavy atom. The van der Waals surface area contributed by atoms with Crippen molar-refractivity contribution in [1.82, 2.24) is 14.7 Å². The number of phenols is 1. The summed E-state index contributed by atoms with van der Waals surface area (Å²) in [5.41, 5.74) is 3.20. The van der Waals surface area contributed by atoms with Gasteiger partial charge in [-0.2, -0.15) is 5.10 Å². The predicted molar refractivity (Wildman–Crippen MR) is 169 cm³/mol. The molecule has 1 aliphatic heterocycles. The minimum Gasteiger partial charge on any atom is -0.507 e. The molecule has 1 aromatic heterocycles. The van der Waals surface area contributed by atoms with Crippen molar-refractivity contribution in [3.63, 3.8) is 0 Å². The zero-order chi connectivity index (χ0) is 30.7. The molecule has 2 amide bonds. The van der Waals surface area contributed by atoms with Gasteiger partial charge in [0.25, 0.3) is 0 Å². The van der Waals surface area contributed by atoms with Crippen molar-refractivity contribution in [2.24, 2.45) is 7.05 Å². The van der Waals surface area contributed by atoms with E-state index in [1.165, 1.54) is 6.07 Å². The van der Waals surface area contributed by atoms with Gasteiger partial charge in [0.2, 0.25) is 11.8 Å².